The molecule has 1 saturated carbocycles. The lowest BCUT2D eigenvalue weighted by molar-refractivity contribution is -0.134. The van der Waals surface area contributed by atoms with Gasteiger partial charge in [-0.2, -0.15) is 0 Å². The molecule has 0 aliphatic heterocycles. The van der Waals surface area contributed by atoms with Crippen molar-refractivity contribution in [1.82, 2.24) is 9.88 Å². The second-order valence-electron chi connectivity index (χ2n) is 7.07. The number of hydrogen-bond acceptors (Lipinski definition) is 3. The minimum Gasteiger partial charge on any atom is -0.484 e. The Balaban J connectivity index is 1.61. The third-order valence-corrected chi connectivity index (χ3v) is 4.64. The molecule has 0 spiro atoms. The maximum Gasteiger partial charge on any atom is 0.261 e. The van der Waals surface area contributed by atoms with Crippen molar-refractivity contribution >= 4 is 5.91 Å². The van der Waals surface area contributed by atoms with Crippen LogP contribution in [-0.2, 0) is 11.3 Å². The van der Waals surface area contributed by atoms with Crippen LogP contribution in [0.4, 0.5) is 0 Å². The van der Waals surface area contributed by atoms with Crippen LogP contribution in [0.1, 0.15) is 49.3 Å². The van der Waals surface area contributed by atoms with Crippen LogP contribution < -0.4 is 4.74 Å². The van der Waals surface area contributed by atoms with Crippen molar-refractivity contribution in [1.29, 1.82) is 0 Å². The van der Waals surface area contributed by atoms with Crippen LogP contribution >= 0.6 is 0 Å². The Hall–Kier alpha value is -2.36. The molecule has 0 N–H and O–H groups in total. The number of ether oxygens (including phenoxy) is 1. The molecule has 1 aliphatic carbocycles. The quantitative estimate of drug-likeness (QED) is 0.764. The van der Waals surface area contributed by atoms with Crippen molar-refractivity contribution in [3.63, 3.8) is 0 Å². The first-order valence-corrected chi connectivity index (χ1v) is 8.96. The Morgan fingerprint density at radius 1 is 1.24 bits per heavy atom. The first kappa shape index (κ1) is 17.5. The molecule has 1 aliphatic rings. The van der Waals surface area contributed by atoms with Crippen molar-refractivity contribution in [3.05, 3.63) is 59.4 Å². The summed E-state index contributed by atoms with van der Waals surface area (Å²) in [4.78, 5) is 18.6. The van der Waals surface area contributed by atoms with Gasteiger partial charge in [0.2, 0.25) is 0 Å². The van der Waals surface area contributed by atoms with Crippen LogP contribution in [0.2, 0.25) is 0 Å². The van der Waals surface area contributed by atoms with Gasteiger partial charge >= 0.3 is 0 Å². The summed E-state index contributed by atoms with van der Waals surface area (Å²) in [6.07, 6.45) is 5.69. The van der Waals surface area contributed by atoms with Gasteiger partial charge in [-0.05, 0) is 66.6 Å². The van der Waals surface area contributed by atoms with Gasteiger partial charge in [0.15, 0.2) is 6.61 Å². The van der Waals surface area contributed by atoms with Crippen molar-refractivity contribution < 1.29 is 9.53 Å². The number of pyridine rings is 1. The third kappa shape index (κ3) is 4.59. The zero-order chi connectivity index (χ0) is 17.8. The Morgan fingerprint density at radius 2 is 1.96 bits per heavy atom. The summed E-state index contributed by atoms with van der Waals surface area (Å²) in [6.45, 7) is 7.16. The predicted molar refractivity (Wildman–Crippen MR) is 98.6 cm³/mol. The summed E-state index contributed by atoms with van der Waals surface area (Å²) in [5.41, 5.74) is 3.62. The van der Waals surface area contributed by atoms with Gasteiger partial charge in [0.25, 0.3) is 5.91 Å². The molecule has 2 aromatic rings. The smallest absolute Gasteiger partial charge is 0.261 e. The molecule has 1 fully saturated rings. The molecule has 1 aromatic heterocycles. The molecule has 3 rings (SSSR count). The van der Waals surface area contributed by atoms with E-state index in [1.807, 2.05) is 29.2 Å². The highest BCUT2D eigenvalue weighted by Crippen LogP contribution is 2.29. The van der Waals surface area contributed by atoms with Crippen molar-refractivity contribution in [3.8, 4) is 5.75 Å². The molecular weight excluding hydrogens is 312 g/mol. The zero-order valence-electron chi connectivity index (χ0n) is 15.2. The van der Waals surface area contributed by atoms with Crippen molar-refractivity contribution in [2.75, 3.05) is 6.61 Å². The molecule has 0 atom stereocenters. The van der Waals surface area contributed by atoms with E-state index in [0.29, 0.717) is 18.5 Å². The summed E-state index contributed by atoms with van der Waals surface area (Å²) in [5.74, 6) is 1.29. The fourth-order valence-electron chi connectivity index (χ4n) is 3.11. The van der Waals surface area contributed by atoms with Crippen molar-refractivity contribution in [2.24, 2.45) is 0 Å². The molecule has 25 heavy (non-hydrogen) atoms. The van der Waals surface area contributed by atoms with Gasteiger partial charge in [-0.15, -0.1) is 0 Å². The highest BCUT2D eigenvalue weighted by Gasteiger charge is 2.32. The fraction of sp³-hybridized carbons (Fsp3) is 0.429. The molecule has 132 valence electrons. The van der Waals surface area contributed by atoms with E-state index in [-0.39, 0.29) is 12.5 Å². The Bertz CT molecular complexity index is 724. The van der Waals surface area contributed by atoms with Crippen LogP contribution in [0.15, 0.2) is 42.7 Å². The van der Waals surface area contributed by atoms with Gasteiger partial charge in [0.1, 0.15) is 5.75 Å². The SMILES string of the molecule is Cc1cc(OCC(=O)N(Cc2ccncc2)C2CC2)ccc1C(C)C. The van der Waals surface area contributed by atoms with E-state index < -0.39 is 0 Å². The lowest BCUT2D eigenvalue weighted by atomic mass is 9.98. The Labute approximate surface area is 149 Å². The number of amides is 1. The standard InChI is InChI=1S/C21H26N2O2/c1-15(2)20-7-6-19(12-16(20)3)25-14-21(24)23(18-4-5-18)13-17-8-10-22-11-9-17/h6-12,15,18H,4-5,13-14H2,1-3H3. The van der Waals surface area contributed by atoms with Gasteiger partial charge < -0.3 is 9.64 Å². The van der Waals surface area contributed by atoms with E-state index in [9.17, 15) is 4.79 Å². The molecule has 4 heteroatoms. The summed E-state index contributed by atoms with van der Waals surface area (Å²) in [6, 6.07) is 10.3. The molecule has 1 amide bonds. The van der Waals surface area contributed by atoms with Gasteiger partial charge in [0, 0.05) is 25.0 Å². The van der Waals surface area contributed by atoms with E-state index in [0.717, 1.165) is 24.2 Å². The Morgan fingerprint density at radius 3 is 2.56 bits per heavy atom. The second kappa shape index (κ2) is 7.68. The van der Waals surface area contributed by atoms with E-state index in [1.165, 1.54) is 11.1 Å². The number of aromatic nitrogens is 1. The first-order chi connectivity index (χ1) is 12.0. The molecule has 1 heterocycles. The molecular formula is C21H26N2O2. The highest BCUT2D eigenvalue weighted by molar-refractivity contribution is 5.78. The van der Waals surface area contributed by atoms with Gasteiger partial charge in [-0.1, -0.05) is 19.9 Å². The minimum atomic E-state index is 0.0462. The zero-order valence-corrected chi connectivity index (χ0v) is 15.2. The number of carbonyl (C=O) groups excluding carboxylic acids is 1. The van der Waals surface area contributed by atoms with E-state index in [4.69, 9.17) is 4.74 Å². The lowest BCUT2D eigenvalue weighted by Gasteiger charge is -2.23. The molecule has 0 bridgehead atoms. The average Bonchev–Trinajstić information content (AvgIpc) is 3.43. The number of aryl methyl sites for hydroxylation is 1. The van der Waals surface area contributed by atoms with E-state index >= 15 is 0 Å². The summed E-state index contributed by atoms with van der Waals surface area (Å²) in [7, 11) is 0. The number of nitrogens with zero attached hydrogens (tertiary/aromatic N) is 2. The van der Waals surface area contributed by atoms with E-state index in [1.54, 1.807) is 12.4 Å². The molecule has 0 unspecified atom stereocenters. The second-order valence-corrected chi connectivity index (χ2v) is 7.07. The molecule has 0 saturated heterocycles. The topological polar surface area (TPSA) is 42.4 Å². The maximum absolute atomic E-state index is 12.6. The lowest BCUT2D eigenvalue weighted by Crippen LogP contribution is -2.36. The summed E-state index contributed by atoms with van der Waals surface area (Å²) in [5, 5.41) is 0. The molecule has 1 aromatic carbocycles. The van der Waals surface area contributed by atoms with Crippen LogP contribution in [0, 0.1) is 6.92 Å². The van der Waals surface area contributed by atoms with Gasteiger partial charge in [-0.3, -0.25) is 9.78 Å². The number of rotatable bonds is 7. The third-order valence-electron chi connectivity index (χ3n) is 4.64. The number of hydrogen-bond donors (Lipinski definition) is 0. The van der Waals surface area contributed by atoms with E-state index in [2.05, 4.69) is 31.8 Å². The van der Waals surface area contributed by atoms with Crippen molar-refractivity contribution in [2.45, 2.75) is 52.1 Å². The predicted octanol–water partition coefficient (Wildman–Crippen LogP) is 4.08. The monoisotopic (exact) mass is 338 g/mol. The minimum absolute atomic E-state index is 0.0462. The van der Waals surface area contributed by atoms with Crippen LogP contribution in [-0.4, -0.2) is 28.4 Å². The Kier molecular flexibility index (Phi) is 5.37. The van der Waals surface area contributed by atoms with Crippen LogP contribution in [0.5, 0.6) is 5.75 Å². The number of benzene rings is 1. The summed E-state index contributed by atoms with van der Waals surface area (Å²) >= 11 is 0. The first-order valence-electron chi connectivity index (χ1n) is 8.96. The maximum atomic E-state index is 12.6. The average molecular weight is 338 g/mol. The van der Waals surface area contributed by atoms with Gasteiger partial charge in [0.05, 0.1) is 0 Å². The molecule has 0 radical (unpaired) electrons. The highest BCUT2D eigenvalue weighted by atomic mass is 16.5. The normalized spacial score (nSPS) is 13.8. The van der Waals surface area contributed by atoms with Crippen LogP contribution in [0.3, 0.4) is 0 Å². The number of carbonyl (C=O) groups is 1. The fourth-order valence-corrected chi connectivity index (χ4v) is 3.11. The largest absolute Gasteiger partial charge is 0.484 e. The van der Waals surface area contributed by atoms with Crippen LogP contribution in [0.25, 0.3) is 0 Å². The summed E-state index contributed by atoms with van der Waals surface area (Å²) < 4.78 is 5.78. The van der Waals surface area contributed by atoms with Gasteiger partial charge in [-0.25, -0.2) is 0 Å². The molecule has 4 nitrogen and oxygen atoms in total.